The van der Waals surface area contributed by atoms with Crippen LogP contribution in [0.4, 0.5) is 18.0 Å². The summed E-state index contributed by atoms with van der Waals surface area (Å²) in [6.07, 6.45) is 2.82. The lowest BCUT2D eigenvalue weighted by Crippen LogP contribution is -2.59. The molecule has 0 bridgehead atoms. The van der Waals surface area contributed by atoms with Crippen LogP contribution >= 0.6 is 0 Å². The number of hydrogen-bond donors (Lipinski definition) is 3. The number of pyridine rings is 1. The molecule has 2 aliphatic carbocycles. The molecule has 1 aromatic heterocycles. The first kappa shape index (κ1) is 41.4. The molecule has 2 aromatic rings. The van der Waals surface area contributed by atoms with Crippen molar-refractivity contribution in [2.45, 2.75) is 113 Å². The number of carbonyl (C=O) groups is 4. The zero-order chi connectivity index (χ0) is 41.6. The molecule has 4 heterocycles. The molecular weight excluding hydrogens is 786 g/mol. The van der Waals surface area contributed by atoms with Crippen LogP contribution in [0, 0.1) is 12.8 Å². The lowest BCUT2D eigenvalue weighted by atomic mass is 10.0. The van der Waals surface area contributed by atoms with Crippen LogP contribution in [0.1, 0.15) is 76.7 Å². The summed E-state index contributed by atoms with van der Waals surface area (Å²) in [6, 6.07) is 1.85. The summed E-state index contributed by atoms with van der Waals surface area (Å²) in [7, 11) is -2.61. The van der Waals surface area contributed by atoms with E-state index in [-0.39, 0.29) is 36.5 Å². The van der Waals surface area contributed by atoms with E-state index < -0.39 is 81.0 Å². The molecule has 0 radical (unpaired) electrons. The molecule has 3 N–H and O–H groups in total. The molecule has 5 amide bonds. The Hall–Kier alpha value is -4.81. The SMILES string of the molecule is COc1ccc2c(O[C@@H]3C[C@H]4C(=O)N[C@]5(C(=O)NS(=O)(=O)C6(C)CC6)C[C@H]5/C=C\CCCCC[C@H](NC(=O)N5CCC5)C(=O)N4C3)cc(OCC(F)(F)F)nc2c1C. The van der Waals surface area contributed by atoms with Gasteiger partial charge in [0.2, 0.25) is 27.7 Å². The summed E-state index contributed by atoms with van der Waals surface area (Å²) in [5, 5.41) is 6.10. The molecule has 3 aliphatic heterocycles. The second-order valence-corrected chi connectivity index (χ2v) is 18.4. The minimum absolute atomic E-state index is 0.0817. The Labute approximate surface area is 334 Å². The number of sulfonamides is 1. The standard InChI is InChI=1S/C39H49F3N6O9S/c1-23-29(55-3)13-12-26-30(19-31(44-32(23)26)56-22-39(40,41)42)57-25-18-28-33(49)45-38(35(51)46-58(53,54)37(2)14-15-37)20-24(38)10-7-5-4-6-8-11-27(34(50)48(28)21-25)43-36(52)47-16-9-17-47/h7,10,12-13,19,24-25,27-28H,4-6,8-9,11,14-18,20-22H2,1-3H3,(H,43,52)(H,45,49)(H,46,51)/b10-7-/t24-,25-,27+,28+,38-/m1/s1. The monoisotopic (exact) mass is 834 g/mol. The van der Waals surface area contributed by atoms with E-state index in [4.69, 9.17) is 14.2 Å². The van der Waals surface area contributed by atoms with Crippen LogP contribution < -0.4 is 29.6 Å². The average molecular weight is 835 g/mol. The highest BCUT2D eigenvalue weighted by molar-refractivity contribution is 7.91. The van der Waals surface area contributed by atoms with E-state index in [2.05, 4.69) is 20.3 Å². The lowest BCUT2D eigenvalue weighted by Gasteiger charge is -2.34. The average Bonchev–Trinajstić information content (AvgIpc) is 4.02. The van der Waals surface area contributed by atoms with Gasteiger partial charge in [-0.1, -0.05) is 25.0 Å². The van der Waals surface area contributed by atoms with E-state index in [1.807, 2.05) is 12.2 Å². The largest absolute Gasteiger partial charge is 0.496 e. The quantitative estimate of drug-likeness (QED) is 0.312. The molecule has 5 aliphatic rings. The number of aromatic nitrogens is 1. The number of alkyl halides is 3. The molecule has 7 rings (SSSR count). The van der Waals surface area contributed by atoms with E-state index in [1.54, 1.807) is 30.9 Å². The predicted octanol–water partition coefficient (Wildman–Crippen LogP) is 4.02. The van der Waals surface area contributed by atoms with E-state index in [0.29, 0.717) is 61.9 Å². The summed E-state index contributed by atoms with van der Waals surface area (Å²) in [5.74, 6) is -2.51. The molecule has 19 heteroatoms. The number of nitrogens with zero attached hydrogens (tertiary/aromatic N) is 3. The number of benzene rings is 1. The zero-order valence-corrected chi connectivity index (χ0v) is 33.5. The second kappa shape index (κ2) is 15.7. The van der Waals surface area contributed by atoms with Crippen molar-refractivity contribution in [1.29, 1.82) is 0 Å². The third kappa shape index (κ3) is 8.50. The molecular formula is C39H49F3N6O9S. The fourth-order valence-corrected chi connectivity index (χ4v) is 9.10. The number of likely N-dealkylation sites (tertiary alicyclic amines) is 1. The highest BCUT2D eigenvalue weighted by atomic mass is 32.2. The van der Waals surface area contributed by atoms with E-state index in [9.17, 15) is 40.8 Å². The number of aryl methyl sites for hydroxylation is 1. The third-order valence-corrected chi connectivity index (χ3v) is 14.1. The Morgan fingerprint density at radius 1 is 1.09 bits per heavy atom. The van der Waals surface area contributed by atoms with Gasteiger partial charge >= 0.3 is 12.2 Å². The van der Waals surface area contributed by atoms with Gasteiger partial charge in [0.15, 0.2) is 6.61 Å². The molecule has 0 spiro atoms. The molecule has 2 saturated heterocycles. The van der Waals surface area contributed by atoms with E-state index >= 15 is 0 Å². The third-order valence-electron chi connectivity index (χ3n) is 11.9. The number of allylic oxidation sites excluding steroid dienone is 1. The van der Waals surface area contributed by atoms with Crippen LogP contribution in [0.2, 0.25) is 0 Å². The zero-order valence-electron chi connectivity index (χ0n) is 32.7. The number of nitrogens with one attached hydrogen (secondary N) is 3. The van der Waals surface area contributed by atoms with Gasteiger partial charge in [0.1, 0.15) is 35.2 Å². The van der Waals surface area contributed by atoms with E-state index in [0.717, 1.165) is 19.3 Å². The van der Waals surface area contributed by atoms with Gasteiger partial charge in [-0.05, 0) is 70.9 Å². The Balaban J connectivity index is 1.22. The number of ether oxygens (including phenoxy) is 3. The Morgan fingerprint density at radius 2 is 1.84 bits per heavy atom. The van der Waals surface area contributed by atoms with Crippen molar-refractivity contribution in [3.8, 4) is 17.4 Å². The summed E-state index contributed by atoms with van der Waals surface area (Å²) in [5.41, 5.74) is -0.848. The van der Waals surface area contributed by atoms with Crippen LogP contribution in [-0.2, 0) is 24.4 Å². The van der Waals surface area contributed by atoms with Crippen molar-refractivity contribution in [2.75, 3.05) is 33.4 Å². The first-order valence-corrected chi connectivity index (χ1v) is 21.2. The highest BCUT2D eigenvalue weighted by Crippen LogP contribution is 2.48. The molecule has 316 valence electrons. The smallest absolute Gasteiger partial charge is 0.422 e. The minimum Gasteiger partial charge on any atom is -0.496 e. The minimum atomic E-state index is -4.65. The van der Waals surface area contributed by atoms with Crippen molar-refractivity contribution < 1.29 is 55.0 Å². The normalized spacial score (nSPS) is 27.8. The Kier molecular flexibility index (Phi) is 11.2. The molecule has 2 saturated carbocycles. The molecule has 0 unspecified atom stereocenters. The number of hydrogen-bond acceptors (Lipinski definition) is 10. The number of rotatable bonds is 9. The Morgan fingerprint density at radius 3 is 2.52 bits per heavy atom. The predicted molar refractivity (Wildman–Crippen MR) is 204 cm³/mol. The summed E-state index contributed by atoms with van der Waals surface area (Å²) >= 11 is 0. The maximum absolute atomic E-state index is 14.6. The molecule has 4 fully saturated rings. The first-order valence-electron chi connectivity index (χ1n) is 19.7. The molecule has 5 atom stereocenters. The number of fused-ring (bicyclic) bond motifs is 3. The molecule has 1 aromatic carbocycles. The van der Waals surface area contributed by atoms with E-state index in [1.165, 1.54) is 18.1 Å². The van der Waals surface area contributed by atoms with Crippen molar-refractivity contribution in [1.82, 2.24) is 30.1 Å². The van der Waals surface area contributed by atoms with Gasteiger partial charge in [-0.15, -0.1) is 0 Å². The van der Waals surface area contributed by atoms with Crippen molar-refractivity contribution in [3.05, 3.63) is 35.9 Å². The summed E-state index contributed by atoms with van der Waals surface area (Å²) < 4.78 is 84.0. The fourth-order valence-electron chi connectivity index (χ4n) is 7.79. The maximum Gasteiger partial charge on any atom is 0.422 e. The number of urea groups is 1. The number of methoxy groups -OCH3 is 1. The van der Waals surface area contributed by atoms with Crippen LogP contribution in [-0.4, -0.2) is 115 Å². The number of halogens is 3. The first-order chi connectivity index (χ1) is 27.4. The van der Waals surface area contributed by atoms with Gasteiger partial charge in [0, 0.05) is 42.4 Å². The van der Waals surface area contributed by atoms with Gasteiger partial charge in [-0.2, -0.15) is 13.2 Å². The molecule has 15 nitrogen and oxygen atoms in total. The van der Waals surface area contributed by atoms with Gasteiger partial charge in [-0.25, -0.2) is 18.2 Å². The summed E-state index contributed by atoms with van der Waals surface area (Å²) in [4.78, 5) is 63.3. The summed E-state index contributed by atoms with van der Waals surface area (Å²) in [6.45, 7) is 2.54. The van der Waals surface area contributed by atoms with Crippen LogP contribution in [0.3, 0.4) is 0 Å². The van der Waals surface area contributed by atoms with Gasteiger partial charge in [0.05, 0.1) is 23.9 Å². The van der Waals surface area contributed by atoms with Gasteiger partial charge in [0.25, 0.3) is 5.91 Å². The van der Waals surface area contributed by atoms with Crippen LogP contribution in [0.15, 0.2) is 30.4 Å². The maximum atomic E-state index is 14.6. The molecule has 58 heavy (non-hydrogen) atoms. The van der Waals surface area contributed by atoms with Crippen LogP contribution in [0.5, 0.6) is 17.4 Å². The van der Waals surface area contributed by atoms with Crippen molar-refractivity contribution in [2.24, 2.45) is 5.92 Å². The fraction of sp³-hybridized carbons (Fsp3) is 0.615. The van der Waals surface area contributed by atoms with Gasteiger partial charge < -0.3 is 34.6 Å². The number of amides is 5. The number of carbonyl (C=O) groups excluding carboxylic acids is 4. The topological polar surface area (TPSA) is 186 Å². The Bertz CT molecular complexity index is 2110. The van der Waals surface area contributed by atoms with Crippen molar-refractivity contribution >= 4 is 44.7 Å². The van der Waals surface area contributed by atoms with Crippen LogP contribution in [0.25, 0.3) is 10.9 Å². The highest BCUT2D eigenvalue weighted by Gasteiger charge is 2.63. The lowest BCUT2D eigenvalue weighted by molar-refractivity contribution is -0.154. The van der Waals surface area contributed by atoms with Gasteiger partial charge in [-0.3, -0.25) is 19.1 Å². The van der Waals surface area contributed by atoms with Crippen molar-refractivity contribution in [3.63, 3.8) is 0 Å². The second-order valence-electron chi connectivity index (χ2n) is 16.2.